The zero-order valence-electron chi connectivity index (χ0n) is 36.5. The number of furan rings is 2. The molecule has 2 aromatic rings. The highest BCUT2D eigenvalue weighted by Gasteiger charge is 2.45. The van der Waals surface area contributed by atoms with Crippen molar-refractivity contribution in [2.75, 3.05) is 65.9 Å². The number of carbonyl (C=O) groups is 5. The number of rotatable bonds is 32. The van der Waals surface area contributed by atoms with Gasteiger partial charge < -0.3 is 30.1 Å². The van der Waals surface area contributed by atoms with Gasteiger partial charge in [-0.05, 0) is 64.3 Å². The van der Waals surface area contributed by atoms with Crippen molar-refractivity contribution in [3.05, 3.63) is 101 Å². The minimum atomic E-state index is -2.19. The van der Waals surface area contributed by atoms with Gasteiger partial charge in [0.25, 0.3) is 12.4 Å². The first-order chi connectivity index (χ1) is 29.6. The third kappa shape index (κ3) is 20.3. The summed E-state index contributed by atoms with van der Waals surface area (Å²) in [5, 5.41) is 37.5. The number of nitroso groups, excluding NO2 is 2. The van der Waals surface area contributed by atoms with E-state index in [1.807, 2.05) is 6.07 Å². The Morgan fingerprint density at radius 2 is 1.11 bits per heavy atom. The summed E-state index contributed by atoms with van der Waals surface area (Å²) >= 11 is 3.17. The number of nitrogens with one attached hydrogen (secondary N) is 4. The van der Waals surface area contributed by atoms with Crippen LogP contribution in [-0.4, -0.2) is 126 Å². The molecule has 2 rings (SSSR count). The van der Waals surface area contributed by atoms with E-state index in [0.717, 1.165) is 25.1 Å². The van der Waals surface area contributed by atoms with Crippen LogP contribution in [0.2, 0.25) is 0 Å². The number of nitrogens with zero attached hydrogens (tertiary/aromatic N) is 6. The molecule has 2 heterocycles. The Morgan fingerprint density at radius 3 is 1.46 bits per heavy atom. The highest BCUT2D eigenvalue weighted by atomic mass is 32.2. The molecule has 25 heteroatoms. The molecule has 63 heavy (non-hydrogen) atoms. The molecular weight excluding hydrogens is 869 g/mol. The first-order valence-corrected chi connectivity index (χ1v) is 21.6. The van der Waals surface area contributed by atoms with Gasteiger partial charge in [-0.2, -0.15) is 23.5 Å². The first-order valence-electron chi connectivity index (χ1n) is 19.2. The number of hydrogen-bond acceptors (Lipinski definition) is 23. The van der Waals surface area contributed by atoms with Crippen LogP contribution in [0, 0.1) is 30.0 Å². The Morgan fingerprint density at radius 1 is 0.714 bits per heavy atom. The highest BCUT2D eigenvalue weighted by molar-refractivity contribution is 7.98. The van der Waals surface area contributed by atoms with Crippen molar-refractivity contribution >= 4 is 52.4 Å². The number of ketones is 5. The van der Waals surface area contributed by atoms with Crippen molar-refractivity contribution < 1.29 is 42.7 Å². The fraction of sp³-hybridized carbons (Fsp3) is 0.553. The molecule has 348 valence electrons. The SMILES string of the molecule is CCC(=O)C(C)(N=O)C(=O)C(=O)CN(C)Cc1ccc(CSCCNC(=C[N+](=O)[O-])NC)o1.CNC(=C[N+](=O)[O-])NCCSCc1ccc(CN(C)CC(=O)C(=O)C(C)(C)N=O)o1. The van der Waals surface area contributed by atoms with Crippen LogP contribution in [0.4, 0.5) is 0 Å². The predicted octanol–water partition coefficient (Wildman–Crippen LogP) is 2.98. The van der Waals surface area contributed by atoms with E-state index in [9.17, 15) is 54.0 Å². The van der Waals surface area contributed by atoms with E-state index in [1.165, 1.54) is 20.8 Å². The zero-order valence-corrected chi connectivity index (χ0v) is 38.2. The summed E-state index contributed by atoms with van der Waals surface area (Å²) in [6.07, 6.45) is 1.65. The smallest absolute Gasteiger partial charge is 0.274 e. The second-order valence-corrected chi connectivity index (χ2v) is 16.5. The molecule has 0 spiro atoms. The molecule has 0 amide bonds. The Balaban J connectivity index is 0.000000633. The summed E-state index contributed by atoms with van der Waals surface area (Å²) in [4.78, 5) is 105. The van der Waals surface area contributed by atoms with Crippen molar-refractivity contribution in [3.8, 4) is 0 Å². The topological polar surface area (TPSA) is 311 Å². The average Bonchev–Trinajstić information content (AvgIpc) is 3.89. The van der Waals surface area contributed by atoms with Gasteiger partial charge >= 0.3 is 0 Å². The molecular formula is C38H56N10O13S2. The molecule has 4 N–H and O–H groups in total. The summed E-state index contributed by atoms with van der Waals surface area (Å²) in [5.41, 5.74) is -3.75. The Bertz CT molecular complexity index is 1970. The van der Waals surface area contributed by atoms with Crippen LogP contribution in [0.5, 0.6) is 0 Å². The van der Waals surface area contributed by atoms with Crippen LogP contribution in [0.15, 0.2) is 67.5 Å². The Hall–Kier alpha value is -5.79. The normalized spacial score (nSPS) is 12.7. The van der Waals surface area contributed by atoms with Crippen molar-refractivity contribution in [2.45, 2.75) is 69.8 Å². The first kappa shape index (κ1) is 55.2. The van der Waals surface area contributed by atoms with Gasteiger partial charge in [-0.25, -0.2) is 0 Å². The summed E-state index contributed by atoms with van der Waals surface area (Å²) in [6, 6.07) is 7.19. The van der Waals surface area contributed by atoms with Gasteiger partial charge in [0.05, 0.1) is 47.5 Å². The maximum Gasteiger partial charge on any atom is 0.274 e. The molecule has 2 aromatic heterocycles. The maximum absolute atomic E-state index is 12.3. The fourth-order valence-electron chi connectivity index (χ4n) is 5.13. The lowest BCUT2D eigenvalue weighted by atomic mass is 9.88. The largest absolute Gasteiger partial charge is 0.464 e. The van der Waals surface area contributed by atoms with Crippen molar-refractivity contribution in [1.82, 2.24) is 31.1 Å². The van der Waals surface area contributed by atoms with Crippen LogP contribution in [-0.2, 0) is 48.6 Å². The lowest BCUT2D eigenvalue weighted by Gasteiger charge is -2.19. The van der Waals surface area contributed by atoms with Crippen LogP contribution < -0.4 is 21.3 Å². The fourth-order valence-corrected chi connectivity index (χ4v) is 6.63. The summed E-state index contributed by atoms with van der Waals surface area (Å²) < 4.78 is 11.5. The maximum atomic E-state index is 12.3. The van der Waals surface area contributed by atoms with Gasteiger partial charge in [0.2, 0.25) is 28.7 Å². The lowest BCUT2D eigenvalue weighted by molar-refractivity contribution is -0.404. The summed E-state index contributed by atoms with van der Waals surface area (Å²) in [7, 11) is 6.47. The molecule has 1 unspecified atom stereocenters. The Labute approximate surface area is 372 Å². The summed E-state index contributed by atoms with van der Waals surface area (Å²) in [6.45, 7) is 6.39. The quantitative estimate of drug-likeness (QED) is 0.0205. The van der Waals surface area contributed by atoms with Crippen molar-refractivity contribution in [1.29, 1.82) is 0 Å². The number of likely N-dealkylation sites (N-methyl/N-ethyl adjacent to an activating group) is 2. The predicted molar refractivity (Wildman–Crippen MR) is 236 cm³/mol. The standard InChI is InChI=1S/C20H29N5O7S.C18H27N5O6S/c1-5-17(27)20(2,23-29)19(28)16(26)11-24(4)10-14-6-7-15(32-14)13-33-9-8-22-18(21-3)12-25(30)31;1-18(2,21-26)17(25)15(24)10-22(4)9-13-5-6-14(29-13)12-30-8-7-20-16(19-3)11-23(27)28/h6-7,12,21-22H,5,8-11,13H2,1-4H3;5-6,11,19-20H,7-10,12H2,1-4H3. The molecule has 23 nitrogen and oxygen atoms in total. The van der Waals surface area contributed by atoms with Gasteiger partial charge in [-0.1, -0.05) is 12.1 Å². The van der Waals surface area contributed by atoms with Gasteiger partial charge in [-0.15, -0.1) is 9.81 Å². The van der Waals surface area contributed by atoms with E-state index in [1.54, 1.807) is 79.7 Å². The minimum absolute atomic E-state index is 0.0768. The van der Waals surface area contributed by atoms with Crippen LogP contribution >= 0.6 is 23.5 Å². The van der Waals surface area contributed by atoms with E-state index < -0.39 is 49.8 Å². The summed E-state index contributed by atoms with van der Waals surface area (Å²) in [5.74, 6) is 1.78. The van der Waals surface area contributed by atoms with E-state index in [-0.39, 0.29) is 26.1 Å². The molecule has 0 radical (unpaired) electrons. The second-order valence-electron chi connectivity index (χ2n) is 14.3. The third-order valence-corrected chi connectivity index (χ3v) is 10.5. The van der Waals surface area contributed by atoms with Crippen LogP contribution in [0.1, 0.15) is 57.2 Å². The monoisotopic (exact) mass is 924 g/mol. The molecule has 0 bridgehead atoms. The van der Waals surface area contributed by atoms with Crippen LogP contribution in [0.3, 0.4) is 0 Å². The van der Waals surface area contributed by atoms with E-state index >= 15 is 0 Å². The number of hydrogen-bond donors (Lipinski definition) is 4. The molecule has 0 aromatic carbocycles. The van der Waals surface area contributed by atoms with Crippen molar-refractivity contribution in [3.63, 3.8) is 0 Å². The van der Waals surface area contributed by atoms with E-state index in [2.05, 4.69) is 31.6 Å². The van der Waals surface area contributed by atoms with Crippen molar-refractivity contribution in [2.24, 2.45) is 10.4 Å². The zero-order chi connectivity index (χ0) is 47.8. The number of Topliss-reactive ketones (excluding diaryl/α,β-unsaturated/α-hetero) is 5. The molecule has 0 saturated carbocycles. The molecule has 0 aliphatic heterocycles. The highest BCUT2D eigenvalue weighted by Crippen LogP contribution is 2.19. The molecule has 0 saturated heterocycles. The molecule has 0 aliphatic rings. The van der Waals surface area contributed by atoms with Gasteiger partial charge in [-0.3, -0.25) is 54.0 Å². The molecule has 0 fully saturated rings. The number of carbonyl (C=O) groups excluding carboxylic acids is 5. The van der Waals surface area contributed by atoms with Gasteiger partial charge in [0, 0.05) is 45.1 Å². The molecule has 1 atom stereocenters. The van der Waals surface area contributed by atoms with Crippen LogP contribution in [0.25, 0.3) is 0 Å². The third-order valence-electron chi connectivity index (χ3n) is 8.51. The van der Waals surface area contributed by atoms with E-state index in [0.29, 0.717) is 71.6 Å². The minimum Gasteiger partial charge on any atom is -0.464 e. The van der Waals surface area contributed by atoms with Gasteiger partial charge in [0.15, 0.2) is 23.0 Å². The number of thioether (sulfide) groups is 2. The second kappa shape index (κ2) is 28.0. The average molecular weight is 925 g/mol. The van der Waals surface area contributed by atoms with Gasteiger partial charge in [0.1, 0.15) is 23.0 Å². The molecule has 0 aliphatic carbocycles. The number of nitro groups is 2. The Kier molecular flexibility index (Phi) is 24.6. The van der Waals surface area contributed by atoms with E-state index in [4.69, 9.17) is 8.83 Å². The lowest BCUT2D eigenvalue weighted by Crippen LogP contribution is -2.47.